The van der Waals surface area contributed by atoms with Gasteiger partial charge in [-0.25, -0.2) is 4.98 Å². The third kappa shape index (κ3) is 1.95. The number of halogens is 1. The second kappa shape index (κ2) is 3.77. The van der Waals surface area contributed by atoms with Gasteiger partial charge in [-0.15, -0.1) is 0 Å². The first kappa shape index (κ1) is 10.4. The van der Waals surface area contributed by atoms with E-state index in [1.165, 1.54) is 0 Å². The van der Waals surface area contributed by atoms with Gasteiger partial charge in [0.25, 0.3) is 0 Å². The first-order valence-electron chi connectivity index (χ1n) is 4.70. The largest absolute Gasteiger partial charge is 0.302 e. The zero-order valence-corrected chi connectivity index (χ0v) is 10.2. The molecular weight excluding hydrogens is 256 g/mol. The lowest BCUT2D eigenvalue weighted by Gasteiger charge is -2.01. The van der Waals surface area contributed by atoms with Crippen LogP contribution in [0.3, 0.4) is 0 Å². The van der Waals surface area contributed by atoms with Crippen molar-refractivity contribution in [3.8, 4) is 0 Å². The van der Waals surface area contributed by atoms with Crippen LogP contribution in [-0.2, 0) is 11.2 Å². The average Bonchev–Trinajstić information content (AvgIpc) is 2.41. The van der Waals surface area contributed by atoms with E-state index in [-0.39, 0.29) is 5.78 Å². The van der Waals surface area contributed by atoms with E-state index in [0.29, 0.717) is 6.42 Å². The Labute approximate surface area is 96.3 Å². The summed E-state index contributed by atoms with van der Waals surface area (Å²) in [5.74, 6) is 1.09. The summed E-state index contributed by atoms with van der Waals surface area (Å²) in [5.41, 5.74) is 2.04. The number of imidazole rings is 1. The molecule has 0 atom stereocenters. The normalized spacial score (nSPS) is 10.9. The fourth-order valence-corrected chi connectivity index (χ4v) is 2.21. The predicted molar refractivity (Wildman–Crippen MR) is 62.0 cm³/mol. The number of nitrogens with zero attached hydrogens (tertiary/aromatic N) is 2. The molecule has 0 radical (unpaired) electrons. The van der Waals surface area contributed by atoms with Crippen LogP contribution in [0, 0.1) is 6.92 Å². The highest BCUT2D eigenvalue weighted by Gasteiger charge is 2.06. The summed E-state index contributed by atoms with van der Waals surface area (Å²) in [6.45, 7) is 3.54. The second-order valence-corrected chi connectivity index (χ2v) is 4.37. The average molecular weight is 267 g/mol. The van der Waals surface area contributed by atoms with E-state index in [1.807, 2.05) is 29.7 Å². The molecule has 2 aromatic rings. The Morgan fingerprint density at radius 2 is 2.27 bits per heavy atom. The van der Waals surface area contributed by atoms with Gasteiger partial charge in [0.2, 0.25) is 0 Å². The lowest BCUT2D eigenvalue weighted by Crippen LogP contribution is -1.98. The van der Waals surface area contributed by atoms with Crippen LogP contribution in [0.1, 0.15) is 18.3 Å². The summed E-state index contributed by atoms with van der Waals surface area (Å²) >= 11 is 3.39. The molecule has 0 saturated carbocycles. The second-order valence-electron chi connectivity index (χ2n) is 3.62. The van der Waals surface area contributed by atoms with Crippen LogP contribution >= 0.6 is 15.9 Å². The Morgan fingerprint density at radius 1 is 1.53 bits per heavy atom. The molecule has 0 aromatic carbocycles. The maximum Gasteiger partial charge on any atom is 0.134 e. The zero-order chi connectivity index (χ0) is 11.0. The number of aromatic nitrogens is 2. The number of pyridine rings is 1. The molecule has 4 heteroatoms. The minimum Gasteiger partial charge on any atom is -0.302 e. The van der Waals surface area contributed by atoms with E-state index in [4.69, 9.17) is 0 Å². The van der Waals surface area contributed by atoms with Crippen LogP contribution in [0.4, 0.5) is 0 Å². The Hall–Kier alpha value is -1.16. The lowest BCUT2D eigenvalue weighted by molar-refractivity contribution is -0.116. The van der Waals surface area contributed by atoms with Crippen LogP contribution in [0.15, 0.2) is 22.9 Å². The number of ketones is 1. The first-order valence-corrected chi connectivity index (χ1v) is 5.50. The number of hydrogen-bond donors (Lipinski definition) is 0. The number of carbonyl (C=O) groups excluding carboxylic acids is 1. The van der Waals surface area contributed by atoms with Gasteiger partial charge in [-0.05, 0) is 41.4 Å². The Balaban J connectivity index is 2.55. The van der Waals surface area contributed by atoms with Crippen molar-refractivity contribution in [1.82, 2.24) is 9.38 Å². The van der Waals surface area contributed by atoms with Crippen molar-refractivity contribution in [3.63, 3.8) is 0 Å². The van der Waals surface area contributed by atoms with Gasteiger partial charge < -0.3 is 4.40 Å². The molecule has 0 unspecified atom stereocenters. The molecule has 2 aromatic heterocycles. The Kier molecular flexibility index (Phi) is 2.61. The van der Waals surface area contributed by atoms with Crippen LogP contribution < -0.4 is 0 Å². The molecule has 0 amide bonds. The third-order valence-electron chi connectivity index (χ3n) is 2.28. The van der Waals surface area contributed by atoms with Crippen molar-refractivity contribution in [1.29, 1.82) is 0 Å². The molecule has 15 heavy (non-hydrogen) atoms. The molecule has 0 saturated heterocycles. The summed E-state index contributed by atoms with van der Waals surface area (Å²) in [4.78, 5) is 15.3. The van der Waals surface area contributed by atoms with Gasteiger partial charge in [-0.3, -0.25) is 4.79 Å². The first-order chi connectivity index (χ1) is 7.08. The van der Waals surface area contributed by atoms with Crippen molar-refractivity contribution < 1.29 is 4.79 Å². The molecule has 0 spiro atoms. The molecule has 2 heterocycles. The predicted octanol–water partition coefficient (Wildman–Crippen LogP) is 2.54. The van der Waals surface area contributed by atoms with Crippen LogP contribution in [0.2, 0.25) is 0 Å². The van der Waals surface area contributed by atoms with E-state index >= 15 is 0 Å². The van der Waals surface area contributed by atoms with Gasteiger partial charge in [-0.1, -0.05) is 6.07 Å². The minimum absolute atomic E-state index is 0.172. The molecule has 0 aliphatic carbocycles. The molecule has 0 aliphatic heterocycles. The number of carbonyl (C=O) groups is 1. The van der Waals surface area contributed by atoms with E-state index in [9.17, 15) is 4.79 Å². The van der Waals surface area contributed by atoms with Gasteiger partial charge in [-0.2, -0.15) is 0 Å². The quantitative estimate of drug-likeness (QED) is 0.838. The Morgan fingerprint density at radius 3 is 2.93 bits per heavy atom. The Bertz CT molecular complexity index is 531. The number of Topliss-reactive ketones (excluding diaryl/α,β-unsaturated/α-hetero) is 1. The number of aryl methyl sites for hydroxylation is 1. The molecule has 2 rings (SSSR count). The van der Waals surface area contributed by atoms with Crippen molar-refractivity contribution in [2.75, 3.05) is 0 Å². The molecule has 0 fully saturated rings. The number of fused-ring (bicyclic) bond motifs is 1. The summed E-state index contributed by atoms with van der Waals surface area (Å²) < 4.78 is 2.83. The van der Waals surface area contributed by atoms with Crippen molar-refractivity contribution in [2.45, 2.75) is 20.3 Å². The molecule has 3 nitrogen and oxygen atoms in total. The summed E-state index contributed by atoms with van der Waals surface area (Å²) in [6.07, 6.45) is 2.44. The molecule has 0 N–H and O–H groups in total. The molecule has 78 valence electrons. The van der Waals surface area contributed by atoms with Gasteiger partial charge >= 0.3 is 0 Å². The fraction of sp³-hybridized carbons (Fsp3) is 0.273. The van der Waals surface area contributed by atoms with E-state index in [2.05, 4.69) is 20.9 Å². The maximum atomic E-state index is 11.0. The molecule has 0 bridgehead atoms. The van der Waals surface area contributed by atoms with E-state index in [0.717, 1.165) is 21.5 Å². The highest BCUT2D eigenvalue weighted by Crippen LogP contribution is 2.19. The summed E-state index contributed by atoms with van der Waals surface area (Å²) in [7, 11) is 0. The maximum absolute atomic E-state index is 11.0. The van der Waals surface area contributed by atoms with Gasteiger partial charge in [0, 0.05) is 12.6 Å². The highest BCUT2D eigenvalue weighted by atomic mass is 79.9. The van der Waals surface area contributed by atoms with Crippen LogP contribution in [0.5, 0.6) is 0 Å². The van der Waals surface area contributed by atoms with E-state index < -0.39 is 0 Å². The SMILES string of the molecule is CC(=O)Cc1ccc2c(Br)nc(C)n2c1. The molecular formula is C11H11BrN2O. The number of rotatable bonds is 2. The third-order valence-corrected chi connectivity index (χ3v) is 2.87. The van der Waals surface area contributed by atoms with Crippen molar-refractivity contribution in [3.05, 3.63) is 34.3 Å². The smallest absolute Gasteiger partial charge is 0.134 e. The van der Waals surface area contributed by atoms with Gasteiger partial charge in [0.15, 0.2) is 0 Å². The monoisotopic (exact) mass is 266 g/mol. The van der Waals surface area contributed by atoms with Gasteiger partial charge in [0.1, 0.15) is 16.2 Å². The highest BCUT2D eigenvalue weighted by molar-refractivity contribution is 9.10. The van der Waals surface area contributed by atoms with Crippen molar-refractivity contribution in [2.24, 2.45) is 0 Å². The molecule has 0 aliphatic rings. The van der Waals surface area contributed by atoms with Crippen LogP contribution in [0.25, 0.3) is 5.52 Å². The van der Waals surface area contributed by atoms with Crippen molar-refractivity contribution >= 4 is 27.2 Å². The number of hydrogen-bond acceptors (Lipinski definition) is 2. The minimum atomic E-state index is 0.172. The van der Waals surface area contributed by atoms with Crippen LogP contribution in [-0.4, -0.2) is 15.2 Å². The topological polar surface area (TPSA) is 34.4 Å². The fourth-order valence-electron chi connectivity index (χ4n) is 1.63. The summed E-state index contributed by atoms with van der Waals surface area (Å²) in [6, 6.07) is 3.94. The summed E-state index contributed by atoms with van der Waals surface area (Å²) in [5, 5.41) is 0. The lowest BCUT2D eigenvalue weighted by atomic mass is 10.1. The van der Waals surface area contributed by atoms with E-state index in [1.54, 1.807) is 6.92 Å². The zero-order valence-electron chi connectivity index (χ0n) is 8.62. The standard InChI is InChI=1S/C11H11BrN2O/c1-7(15)5-9-3-4-10-11(12)13-8(2)14(10)6-9/h3-4,6H,5H2,1-2H3. The van der Waals surface area contributed by atoms with Gasteiger partial charge in [0.05, 0.1) is 5.52 Å².